The van der Waals surface area contributed by atoms with Crippen LogP contribution in [0.1, 0.15) is 5.56 Å². The van der Waals surface area contributed by atoms with Gasteiger partial charge in [-0.3, -0.25) is 0 Å². The number of nitrogens with one attached hydrogen (secondary N) is 1. The number of nitrogen functional groups attached to an aromatic ring is 1. The number of hydrogen-bond acceptors (Lipinski definition) is 3. The molecule has 4 nitrogen and oxygen atoms in total. The Bertz CT molecular complexity index is 716. The van der Waals surface area contributed by atoms with Crippen molar-refractivity contribution in [3.05, 3.63) is 57.0 Å². The number of halogens is 2. The molecule has 2 aromatic carbocycles. The van der Waals surface area contributed by atoms with Gasteiger partial charge in [0.1, 0.15) is 0 Å². The van der Waals surface area contributed by atoms with Crippen LogP contribution in [0.5, 0.6) is 0 Å². The summed E-state index contributed by atoms with van der Waals surface area (Å²) in [6.45, 7) is 0.234. The maximum Gasteiger partial charge on any atom is 0.240 e. The summed E-state index contributed by atoms with van der Waals surface area (Å²) in [5, 5.41) is 0. The number of rotatable bonds is 4. The Balaban J connectivity index is 2.14. The fourth-order valence-electron chi connectivity index (χ4n) is 1.54. The van der Waals surface area contributed by atoms with Crippen LogP contribution in [0.15, 0.2) is 56.3 Å². The van der Waals surface area contributed by atoms with E-state index in [9.17, 15) is 8.42 Å². The first-order valence-electron chi connectivity index (χ1n) is 5.67. The van der Waals surface area contributed by atoms with Crippen LogP contribution < -0.4 is 10.5 Å². The van der Waals surface area contributed by atoms with Gasteiger partial charge in [0.15, 0.2) is 0 Å². The minimum absolute atomic E-state index is 0.177. The van der Waals surface area contributed by atoms with Gasteiger partial charge < -0.3 is 5.73 Å². The molecular formula is C13H12Br2N2O2S. The van der Waals surface area contributed by atoms with Crippen LogP contribution in [0, 0.1) is 0 Å². The molecule has 0 aliphatic heterocycles. The fourth-order valence-corrected chi connectivity index (χ4v) is 3.38. The molecule has 7 heteroatoms. The van der Waals surface area contributed by atoms with Crippen molar-refractivity contribution >= 4 is 47.6 Å². The zero-order valence-corrected chi connectivity index (χ0v) is 14.3. The second kappa shape index (κ2) is 6.26. The van der Waals surface area contributed by atoms with Gasteiger partial charge in [0.05, 0.1) is 4.90 Å². The van der Waals surface area contributed by atoms with Crippen molar-refractivity contribution in [3.8, 4) is 0 Å². The molecule has 106 valence electrons. The Kier molecular flexibility index (Phi) is 4.85. The molecule has 0 bridgehead atoms. The summed E-state index contributed by atoms with van der Waals surface area (Å²) in [6, 6.07) is 11.9. The fraction of sp³-hybridized carbons (Fsp3) is 0.0769. The lowest BCUT2D eigenvalue weighted by Crippen LogP contribution is -2.23. The van der Waals surface area contributed by atoms with Crippen LogP contribution in [-0.2, 0) is 16.6 Å². The Hall–Kier alpha value is -0.890. The van der Waals surface area contributed by atoms with E-state index in [0.29, 0.717) is 10.2 Å². The van der Waals surface area contributed by atoms with E-state index in [-0.39, 0.29) is 11.4 Å². The molecule has 0 saturated carbocycles. The molecule has 0 unspecified atom stereocenters. The molecule has 0 amide bonds. The topological polar surface area (TPSA) is 72.2 Å². The molecular weight excluding hydrogens is 408 g/mol. The van der Waals surface area contributed by atoms with Gasteiger partial charge >= 0.3 is 0 Å². The second-order valence-corrected chi connectivity index (χ2v) is 7.67. The number of nitrogens with two attached hydrogens (primary N) is 1. The van der Waals surface area contributed by atoms with Gasteiger partial charge in [-0.1, -0.05) is 28.1 Å². The van der Waals surface area contributed by atoms with E-state index in [1.165, 1.54) is 12.1 Å². The SMILES string of the molecule is Nc1ccc(S(=O)(=O)NCc2ccc(Br)cc2)cc1Br. The monoisotopic (exact) mass is 418 g/mol. The van der Waals surface area contributed by atoms with Crippen LogP contribution in [0.3, 0.4) is 0 Å². The number of benzene rings is 2. The summed E-state index contributed by atoms with van der Waals surface area (Å²) in [6.07, 6.45) is 0. The third-order valence-electron chi connectivity index (χ3n) is 2.66. The zero-order valence-electron chi connectivity index (χ0n) is 10.3. The average Bonchev–Trinajstić information content (AvgIpc) is 2.41. The maximum absolute atomic E-state index is 12.2. The van der Waals surface area contributed by atoms with Gasteiger partial charge in [-0.25, -0.2) is 13.1 Å². The van der Waals surface area contributed by atoms with Crippen molar-refractivity contribution in [2.45, 2.75) is 11.4 Å². The molecule has 20 heavy (non-hydrogen) atoms. The summed E-state index contributed by atoms with van der Waals surface area (Å²) >= 11 is 6.55. The molecule has 0 spiro atoms. The lowest BCUT2D eigenvalue weighted by molar-refractivity contribution is 0.581. The maximum atomic E-state index is 12.2. The van der Waals surface area contributed by atoms with E-state index in [4.69, 9.17) is 5.73 Å². The molecule has 0 aromatic heterocycles. The predicted molar refractivity (Wildman–Crippen MR) is 86.7 cm³/mol. The molecule has 0 atom stereocenters. The van der Waals surface area contributed by atoms with E-state index in [1.54, 1.807) is 6.07 Å². The number of sulfonamides is 1. The summed E-state index contributed by atoms with van der Waals surface area (Å²) in [5.41, 5.74) is 7.02. The quantitative estimate of drug-likeness (QED) is 0.747. The molecule has 2 aromatic rings. The largest absolute Gasteiger partial charge is 0.398 e. The first-order valence-corrected chi connectivity index (χ1v) is 8.74. The van der Waals surface area contributed by atoms with E-state index in [2.05, 4.69) is 36.6 Å². The van der Waals surface area contributed by atoms with Gasteiger partial charge in [-0.05, 0) is 51.8 Å². The lowest BCUT2D eigenvalue weighted by Gasteiger charge is -2.08. The van der Waals surface area contributed by atoms with Crippen LogP contribution in [0.25, 0.3) is 0 Å². The Morgan fingerprint density at radius 3 is 2.30 bits per heavy atom. The van der Waals surface area contributed by atoms with Crippen molar-refractivity contribution in [1.29, 1.82) is 0 Å². The lowest BCUT2D eigenvalue weighted by atomic mass is 10.2. The molecule has 0 radical (unpaired) electrons. The molecule has 0 saturated heterocycles. The van der Waals surface area contributed by atoms with Gasteiger partial charge in [-0.15, -0.1) is 0 Å². The third kappa shape index (κ3) is 3.82. The van der Waals surface area contributed by atoms with Crippen LogP contribution >= 0.6 is 31.9 Å². The number of anilines is 1. The van der Waals surface area contributed by atoms with Gasteiger partial charge in [0, 0.05) is 21.2 Å². The minimum Gasteiger partial charge on any atom is -0.398 e. The van der Waals surface area contributed by atoms with Gasteiger partial charge in [0.2, 0.25) is 10.0 Å². The highest BCUT2D eigenvalue weighted by Gasteiger charge is 2.14. The van der Waals surface area contributed by atoms with E-state index in [0.717, 1.165) is 10.0 Å². The van der Waals surface area contributed by atoms with Crippen molar-refractivity contribution < 1.29 is 8.42 Å². The van der Waals surface area contributed by atoms with Crippen molar-refractivity contribution in [3.63, 3.8) is 0 Å². The van der Waals surface area contributed by atoms with E-state index >= 15 is 0 Å². The average molecular weight is 420 g/mol. The Morgan fingerprint density at radius 1 is 1.05 bits per heavy atom. The van der Waals surface area contributed by atoms with Crippen LogP contribution in [-0.4, -0.2) is 8.42 Å². The second-order valence-electron chi connectivity index (χ2n) is 4.13. The molecule has 0 heterocycles. The zero-order chi connectivity index (χ0) is 14.8. The van der Waals surface area contributed by atoms with Crippen molar-refractivity contribution in [2.75, 3.05) is 5.73 Å². The number of hydrogen-bond donors (Lipinski definition) is 2. The first-order chi connectivity index (χ1) is 9.38. The minimum atomic E-state index is -3.56. The van der Waals surface area contributed by atoms with Crippen molar-refractivity contribution in [2.24, 2.45) is 0 Å². The molecule has 3 N–H and O–H groups in total. The predicted octanol–water partition coefficient (Wildman–Crippen LogP) is 3.27. The molecule has 2 rings (SSSR count). The van der Waals surface area contributed by atoms with Gasteiger partial charge in [0.25, 0.3) is 0 Å². The van der Waals surface area contributed by atoms with Crippen LogP contribution in [0.2, 0.25) is 0 Å². The highest BCUT2D eigenvalue weighted by Crippen LogP contribution is 2.23. The smallest absolute Gasteiger partial charge is 0.240 e. The first kappa shape index (κ1) is 15.5. The highest BCUT2D eigenvalue weighted by molar-refractivity contribution is 9.10. The Labute approximate surface area is 134 Å². The summed E-state index contributed by atoms with van der Waals surface area (Å²) in [4.78, 5) is 0.177. The van der Waals surface area contributed by atoms with Crippen LogP contribution in [0.4, 0.5) is 5.69 Å². The Morgan fingerprint density at radius 2 is 1.70 bits per heavy atom. The van der Waals surface area contributed by atoms with Gasteiger partial charge in [-0.2, -0.15) is 0 Å². The van der Waals surface area contributed by atoms with Crippen molar-refractivity contribution in [1.82, 2.24) is 4.72 Å². The molecule has 0 fully saturated rings. The molecule has 0 aliphatic carbocycles. The summed E-state index contributed by atoms with van der Waals surface area (Å²) in [7, 11) is -3.56. The summed E-state index contributed by atoms with van der Waals surface area (Å²) in [5.74, 6) is 0. The highest BCUT2D eigenvalue weighted by atomic mass is 79.9. The van der Waals surface area contributed by atoms with E-state index < -0.39 is 10.0 Å². The summed E-state index contributed by atoms with van der Waals surface area (Å²) < 4.78 is 28.4. The normalized spacial score (nSPS) is 11.5. The standard InChI is InChI=1S/C13H12Br2N2O2S/c14-10-3-1-9(2-4-10)8-17-20(18,19)11-5-6-13(16)12(15)7-11/h1-7,17H,8,16H2. The van der Waals surface area contributed by atoms with E-state index in [1.807, 2.05) is 24.3 Å². The third-order valence-corrected chi connectivity index (χ3v) is 5.28. The molecule has 0 aliphatic rings.